The van der Waals surface area contributed by atoms with Crippen LogP contribution in [0.5, 0.6) is 0 Å². The minimum Gasteiger partial charge on any atom is -0.547 e. The molecule has 0 saturated heterocycles. The first-order chi connectivity index (χ1) is 14.0. The van der Waals surface area contributed by atoms with E-state index in [1.165, 1.54) is 0 Å². The van der Waals surface area contributed by atoms with Crippen molar-refractivity contribution >= 4 is 47.8 Å². The standard InChI is InChI=1S/4C4H10N2O2.Sn/c4*1-2-4(5,6)3(7)8;/h4*2,5-6H2,1H3,(H,7,8);/q;;;;+4/p-4. The van der Waals surface area contributed by atoms with Gasteiger partial charge in [0.1, 0.15) is 22.7 Å². The fraction of sp³-hybridized carbons (Fsp3) is 0.750. The van der Waals surface area contributed by atoms with Crippen LogP contribution in [0.25, 0.3) is 0 Å². The Labute approximate surface area is 209 Å². The largest absolute Gasteiger partial charge is 4.00 e. The third-order valence-corrected chi connectivity index (χ3v) is 3.86. The Balaban J connectivity index is -0.000000105. The molecule has 0 aromatic carbocycles. The zero-order chi connectivity index (χ0) is 27.1. The first-order valence-corrected chi connectivity index (χ1v) is 9.19. The van der Waals surface area contributed by atoms with Gasteiger partial charge >= 0.3 is 23.9 Å². The summed E-state index contributed by atoms with van der Waals surface area (Å²) < 4.78 is 0. The Morgan fingerprint density at radius 2 is 0.545 bits per heavy atom. The molecule has 0 aromatic heterocycles. The molecule has 0 aliphatic carbocycles. The Morgan fingerprint density at radius 1 is 0.455 bits per heavy atom. The van der Waals surface area contributed by atoms with Crippen molar-refractivity contribution in [3.63, 3.8) is 0 Å². The second-order valence-corrected chi connectivity index (χ2v) is 6.73. The summed E-state index contributed by atoms with van der Waals surface area (Å²) in [7, 11) is 0. The van der Waals surface area contributed by atoms with Gasteiger partial charge in [-0.1, -0.05) is 27.7 Å². The van der Waals surface area contributed by atoms with Gasteiger partial charge in [0.2, 0.25) is 0 Å². The molecule has 192 valence electrons. The maximum absolute atomic E-state index is 9.89. The van der Waals surface area contributed by atoms with Gasteiger partial charge in [0, 0.05) is 0 Å². The maximum atomic E-state index is 9.89. The van der Waals surface area contributed by atoms with Crippen molar-refractivity contribution in [3.05, 3.63) is 0 Å². The fourth-order valence-corrected chi connectivity index (χ4v) is 0.577. The molecule has 0 amide bonds. The monoisotopic (exact) mass is 588 g/mol. The molecule has 0 bridgehead atoms. The first-order valence-electron chi connectivity index (χ1n) is 9.19. The molecule has 0 unspecified atom stereocenters. The molecular formula is C16H36N8O8Sn. The van der Waals surface area contributed by atoms with Gasteiger partial charge in [-0.25, -0.2) is 0 Å². The average molecular weight is 587 g/mol. The number of carbonyl (C=O) groups is 4. The van der Waals surface area contributed by atoms with Gasteiger partial charge in [-0.15, -0.1) is 0 Å². The van der Waals surface area contributed by atoms with E-state index in [0.717, 1.165) is 0 Å². The predicted octanol–water partition coefficient (Wildman–Crippen LogP) is -9.34. The van der Waals surface area contributed by atoms with E-state index in [4.69, 9.17) is 45.9 Å². The van der Waals surface area contributed by atoms with E-state index in [-0.39, 0.29) is 49.6 Å². The van der Waals surface area contributed by atoms with Crippen LogP contribution in [0.1, 0.15) is 53.4 Å². The van der Waals surface area contributed by atoms with Crippen molar-refractivity contribution in [2.45, 2.75) is 76.0 Å². The van der Waals surface area contributed by atoms with Crippen LogP contribution in [0.2, 0.25) is 0 Å². The van der Waals surface area contributed by atoms with Crippen molar-refractivity contribution in [3.8, 4) is 0 Å². The normalized spacial score (nSPS) is 11.0. The van der Waals surface area contributed by atoms with Gasteiger partial charge in [-0.2, -0.15) is 0 Å². The first kappa shape index (κ1) is 41.6. The summed E-state index contributed by atoms with van der Waals surface area (Å²) in [4.78, 5) is 39.6. The van der Waals surface area contributed by atoms with Crippen LogP contribution in [0, 0.1) is 0 Å². The fourth-order valence-electron chi connectivity index (χ4n) is 0.577. The summed E-state index contributed by atoms with van der Waals surface area (Å²) in [6.07, 6.45) is 0.704. The van der Waals surface area contributed by atoms with Gasteiger partial charge in [0.05, 0.1) is 23.9 Å². The molecule has 0 aromatic rings. The van der Waals surface area contributed by atoms with Crippen molar-refractivity contribution < 1.29 is 39.6 Å². The molecule has 0 aliphatic heterocycles. The van der Waals surface area contributed by atoms with Crippen molar-refractivity contribution in [1.82, 2.24) is 0 Å². The number of hydrogen-bond acceptors (Lipinski definition) is 16. The molecule has 0 saturated carbocycles. The molecule has 33 heavy (non-hydrogen) atoms. The molecular weight excluding hydrogens is 551 g/mol. The Hall–Kier alpha value is -1.64. The summed E-state index contributed by atoms with van der Waals surface area (Å²) in [5.41, 5.74) is 33.2. The zero-order valence-corrected chi connectivity index (χ0v) is 22.1. The van der Waals surface area contributed by atoms with Crippen LogP contribution in [0.3, 0.4) is 0 Å². The van der Waals surface area contributed by atoms with Crippen LogP contribution < -0.4 is 66.3 Å². The van der Waals surface area contributed by atoms with Gasteiger partial charge in [-0.3, -0.25) is 0 Å². The van der Waals surface area contributed by atoms with Gasteiger partial charge in [0.25, 0.3) is 0 Å². The van der Waals surface area contributed by atoms with E-state index < -0.39 is 46.5 Å². The molecule has 0 rings (SSSR count). The van der Waals surface area contributed by atoms with Crippen LogP contribution in [-0.2, 0) is 19.2 Å². The van der Waals surface area contributed by atoms with Crippen molar-refractivity contribution in [2.75, 3.05) is 0 Å². The van der Waals surface area contributed by atoms with Crippen LogP contribution in [0.4, 0.5) is 0 Å². The third-order valence-electron chi connectivity index (χ3n) is 3.86. The number of nitrogens with two attached hydrogens (primary N) is 8. The number of hydrogen-bond donors (Lipinski definition) is 8. The molecule has 17 heteroatoms. The van der Waals surface area contributed by atoms with Crippen molar-refractivity contribution in [2.24, 2.45) is 45.9 Å². The molecule has 16 N–H and O–H groups in total. The van der Waals surface area contributed by atoms with Gasteiger partial charge in [0.15, 0.2) is 0 Å². The third kappa shape index (κ3) is 20.7. The summed E-state index contributed by atoms with van der Waals surface area (Å²) in [5.74, 6) is -5.67. The van der Waals surface area contributed by atoms with Crippen molar-refractivity contribution in [1.29, 1.82) is 0 Å². The zero-order valence-electron chi connectivity index (χ0n) is 19.2. The molecule has 0 aliphatic rings. The summed E-state index contributed by atoms with van der Waals surface area (Å²) in [6, 6.07) is 0. The SMILES string of the molecule is CCC(N)(N)C(=O)[O-].CCC(N)(N)C(=O)[O-].CCC(N)(N)C(=O)[O-].CCC(N)(N)C(=O)[O-].[Sn+4]. The molecule has 0 radical (unpaired) electrons. The number of aliphatic carboxylic acids is 4. The predicted molar refractivity (Wildman–Crippen MR) is 111 cm³/mol. The second kappa shape index (κ2) is 17.8. The molecule has 0 spiro atoms. The average Bonchev–Trinajstić information content (AvgIpc) is 2.68. The summed E-state index contributed by atoms with van der Waals surface area (Å²) in [5, 5.41) is 39.6. The minimum atomic E-state index is -1.65. The summed E-state index contributed by atoms with van der Waals surface area (Å²) in [6.45, 7) is 6.32. The number of carbonyl (C=O) groups excluding carboxylic acids is 4. The second-order valence-electron chi connectivity index (χ2n) is 6.73. The van der Waals surface area contributed by atoms with E-state index in [0.29, 0.717) is 0 Å². The summed E-state index contributed by atoms with van der Waals surface area (Å²) >= 11 is 0. The molecule has 0 heterocycles. The number of carboxylic acid groups (broad SMARTS) is 4. The minimum absolute atomic E-state index is 0. The number of rotatable bonds is 8. The van der Waals surface area contributed by atoms with Crippen LogP contribution in [-0.4, -0.2) is 70.4 Å². The van der Waals surface area contributed by atoms with E-state index >= 15 is 0 Å². The van der Waals surface area contributed by atoms with E-state index in [1.807, 2.05) is 0 Å². The number of carboxylic acids is 4. The van der Waals surface area contributed by atoms with E-state index in [2.05, 4.69) is 0 Å². The maximum Gasteiger partial charge on any atom is 4.00 e. The van der Waals surface area contributed by atoms with Crippen LogP contribution in [0.15, 0.2) is 0 Å². The molecule has 16 nitrogen and oxygen atoms in total. The Bertz CT molecular complexity index is 511. The molecule has 0 atom stereocenters. The Morgan fingerprint density at radius 3 is 0.545 bits per heavy atom. The molecule has 0 fully saturated rings. The van der Waals surface area contributed by atoms with Gasteiger partial charge < -0.3 is 85.5 Å². The van der Waals surface area contributed by atoms with Crippen LogP contribution >= 0.6 is 0 Å². The van der Waals surface area contributed by atoms with E-state index in [1.54, 1.807) is 27.7 Å². The smallest absolute Gasteiger partial charge is 0.547 e. The topological polar surface area (TPSA) is 369 Å². The van der Waals surface area contributed by atoms with Gasteiger partial charge in [-0.05, 0) is 25.7 Å². The quantitative estimate of drug-likeness (QED) is 0.0965. The van der Waals surface area contributed by atoms with E-state index in [9.17, 15) is 39.6 Å². The Kier molecular flexibility index (Phi) is 22.4.